The standard InChI is InChI=1S/C12H24O3Si/c1-7-8-9-16(5,6)11(14)10(13)15-12(2,3)4/h7-9H2,1-6H3. The average Bonchev–Trinajstić information content (AvgIpc) is 2.10. The molecule has 0 heterocycles. The summed E-state index contributed by atoms with van der Waals surface area (Å²) in [6.45, 7) is 11.3. The molecule has 0 aromatic rings. The second kappa shape index (κ2) is 5.62. The normalized spacial score (nSPS) is 12.4. The van der Waals surface area contributed by atoms with Gasteiger partial charge in [0.2, 0.25) is 5.41 Å². The van der Waals surface area contributed by atoms with E-state index in [9.17, 15) is 9.59 Å². The van der Waals surface area contributed by atoms with Gasteiger partial charge >= 0.3 is 5.97 Å². The number of unbranched alkanes of at least 4 members (excludes halogenated alkanes) is 1. The minimum atomic E-state index is -2.10. The lowest BCUT2D eigenvalue weighted by Gasteiger charge is -2.23. The van der Waals surface area contributed by atoms with Crippen molar-refractivity contribution >= 4 is 19.4 Å². The van der Waals surface area contributed by atoms with Gasteiger partial charge in [-0.15, -0.1) is 0 Å². The van der Waals surface area contributed by atoms with Crippen LogP contribution >= 0.6 is 0 Å². The van der Waals surface area contributed by atoms with E-state index in [0.29, 0.717) is 0 Å². The molecule has 0 aromatic carbocycles. The lowest BCUT2D eigenvalue weighted by Crippen LogP contribution is -2.45. The Balaban J connectivity index is 4.48. The molecule has 4 heteroatoms. The first kappa shape index (κ1) is 15.4. The topological polar surface area (TPSA) is 43.4 Å². The maximum absolute atomic E-state index is 11.9. The highest BCUT2D eigenvalue weighted by molar-refractivity contribution is 7.11. The number of esters is 1. The van der Waals surface area contributed by atoms with Gasteiger partial charge in [-0.25, -0.2) is 4.79 Å². The third-order valence-electron chi connectivity index (χ3n) is 2.35. The van der Waals surface area contributed by atoms with Crippen LogP contribution in [0.25, 0.3) is 0 Å². The van der Waals surface area contributed by atoms with Gasteiger partial charge in [-0.1, -0.05) is 38.9 Å². The van der Waals surface area contributed by atoms with Crippen molar-refractivity contribution in [2.24, 2.45) is 0 Å². The molecular weight excluding hydrogens is 220 g/mol. The Morgan fingerprint density at radius 2 is 1.69 bits per heavy atom. The third kappa shape index (κ3) is 5.44. The number of hydrogen-bond acceptors (Lipinski definition) is 3. The van der Waals surface area contributed by atoms with Crippen LogP contribution in [0.5, 0.6) is 0 Å². The van der Waals surface area contributed by atoms with E-state index in [1.54, 1.807) is 20.8 Å². The summed E-state index contributed by atoms with van der Waals surface area (Å²) in [7, 11) is -2.10. The third-order valence-corrected chi connectivity index (χ3v) is 5.39. The van der Waals surface area contributed by atoms with Crippen LogP contribution in [0.15, 0.2) is 0 Å². The molecular formula is C12H24O3Si. The Bertz CT molecular complexity index is 264. The summed E-state index contributed by atoms with van der Waals surface area (Å²) in [4.78, 5) is 23.6. The maximum atomic E-state index is 11.9. The van der Waals surface area contributed by atoms with E-state index in [2.05, 4.69) is 6.92 Å². The van der Waals surface area contributed by atoms with Crippen molar-refractivity contribution < 1.29 is 14.3 Å². The molecule has 0 atom stereocenters. The lowest BCUT2D eigenvalue weighted by molar-refractivity contribution is -0.159. The molecule has 94 valence electrons. The smallest absolute Gasteiger partial charge is 0.369 e. The van der Waals surface area contributed by atoms with Crippen LogP contribution in [0.4, 0.5) is 0 Å². The van der Waals surface area contributed by atoms with Crippen molar-refractivity contribution in [3.63, 3.8) is 0 Å². The maximum Gasteiger partial charge on any atom is 0.369 e. The Morgan fingerprint density at radius 1 is 1.19 bits per heavy atom. The monoisotopic (exact) mass is 244 g/mol. The van der Waals surface area contributed by atoms with Crippen LogP contribution in [0.3, 0.4) is 0 Å². The fourth-order valence-corrected chi connectivity index (χ4v) is 3.40. The fourth-order valence-electron chi connectivity index (χ4n) is 1.33. The van der Waals surface area contributed by atoms with E-state index in [1.807, 2.05) is 13.1 Å². The van der Waals surface area contributed by atoms with Crippen LogP contribution in [0.2, 0.25) is 19.1 Å². The Kier molecular flexibility index (Phi) is 5.39. The van der Waals surface area contributed by atoms with Crippen molar-refractivity contribution in [3.05, 3.63) is 0 Å². The number of hydrogen-bond donors (Lipinski definition) is 0. The van der Waals surface area contributed by atoms with Gasteiger partial charge in [0.15, 0.2) is 0 Å². The van der Waals surface area contributed by atoms with Gasteiger partial charge in [0.05, 0.1) is 0 Å². The molecule has 0 saturated carbocycles. The highest BCUT2D eigenvalue weighted by Crippen LogP contribution is 2.17. The highest BCUT2D eigenvalue weighted by atomic mass is 28.3. The summed E-state index contributed by atoms with van der Waals surface area (Å²) >= 11 is 0. The van der Waals surface area contributed by atoms with Crippen molar-refractivity contribution in [2.45, 2.75) is 65.3 Å². The van der Waals surface area contributed by atoms with Crippen molar-refractivity contribution in [2.75, 3.05) is 0 Å². The van der Waals surface area contributed by atoms with Crippen molar-refractivity contribution in [1.29, 1.82) is 0 Å². The van der Waals surface area contributed by atoms with E-state index >= 15 is 0 Å². The molecule has 0 bridgehead atoms. The van der Waals surface area contributed by atoms with Gasteiger partial charge in [-0.05, 0) is 20.8 Å². The van der Waals surface area contributed by atoms with Crippen LogP contribution in [0.1, 0.15) is 40.5 Å². The van der Waals surface area contributed by atoms with E-state index in [0.717, 1.165) is 18.9 Å². The van der Waals surface area contributed by atoms with Crippen LogP contribution < -0.4 is 0 Å². The Labute approximate surface area is 99.6 Å². The molecule has 0 fully saturated rings. The molecule has 0 aliphatic heterocycles. The first-order valence-corrected chi connectivity index (χ1v) is 9.08. The predicted molar refractivity (Wildman–Crippen MR) is 68.0 cm³/mol. The summed E-state index contributed by atoms with van der Waals surface area (Å²) in [5, 5.41) is -0.282. The molecule has 0 saturated heterocycles. The molecule has 3 nitrogen and oxygen atoms in total. The van der Waals surface area contributed by atoms with Crippen molar-refractivity contribution in [1.82, 2.24) is 0 Å². The first-order chi connectivity index (χ1) is 7.10. The molecule has 16 heavy (non-hydrogen) atoms. The SMILES string of the molecule is CCCC[Si](C)(C)C(=O)C(=O)OC(C)(C)C. The summed E-state index contributed by atoms with van der Waals surface area (Å²) in [6, 6.07) is 0.863. The average molecular weight is 244 g/mol. The van der Waals surface area contributed by atoms with Crippen LogP contribution in [-0.4, -0.2) is 25.1 Å². The van der Waals surface area contributed by atoms with Gasteiger partial charge in [0.25, 0.3) is 0 Å². The summed E-state index contributed by atoms with van der Waals surface area (Å²) in [6.07, 6.45) is 2.06. The van der Waals surface area contributed by atoms with Gasteiger partial charge in [0.1, 0.15) is 13.7 Å². The fraction of sp³-hybridized carbons (Fsp3) is 0.833. The number of ether oxygens (including phenoxy) is 1. The van der Waals surface area contributed by atoms with Crippen LogP contribution in [-0.2, 0) is 14.3 Å². The quantitative estimate of drug-likeness (QED) is 0.424. The van der Waals surface area contributed by atoms with Gasteiger partial charge in [0, 0.05) is 0 Å². The molecule has 0 rings (SSSR count). The number of rotatable bonds is 5. The number of carbonyl (C=O) groups is 2. The zero-order valence-corrected chi connectivity index (χ0v) is 12.3. The van der Waals surface area contributed by atoms with Crippen molar-refractivity contribution in [3.8, 4) is 0 Å². The first-order valence-electron chi connectivity index (χ1n) is 5.88. The summed E-state index contributed by atoms with van der Waals surface area (Å²) in [5.74, 6) is -0.653. The van der Waals surface area contributed by atoms with E-state index < -0.39 is 19.6 Å². The molecule has 0 spiro atoms. The highest BCUT2D eigenvalue weighted by Gasteiger charge is 2.37. The van der Waals surface area contributed by atoms with Gasteiger partial charge in [-0.2, -0.15) is 0 Å². The van der Waals surface area contributed by atoms with Gasteiger partial charge < -0.3 is 4.74 Å². The minimum Gasteiger partial charge on any atom is -0.455 e. The molecule has 0 aliphatic rings. The second-order valence-electron chi connectivity index (χ2n) is 5.82. The molecule has 0 aromatic heterocycles. The second-order valence-corrected chi connectivity index (χ2v) is 10.5. The van der Waals surface area contributed by atoms with E-state index in [4.69, 9.17) is 4.74 Å². The minimum absolute atomic E-state index is 0.282. The molecule has 0 amide bonds. The Hall–Kier alpha value is -0.643. The summed E-state index contributed by atoms with van der Waals surface area (Å²) < 4.78 is 5.11. The van der Waals surface area contributed by atoms with Crippen LogP contribution in [0, 0.1) is 0 Å². The number of carbonyl (C=O) groups excluding carboxylic acids is 2. The Morgan fingerprint density at radius 3 is 2.06 bits per heavy atom. The van der Waals surface area contributed by atoms with Gasteiger partial charge in [-0.3, -0.25) is 4.79 Å². The zero-order chi connectivity index (χ0) is 13.0. The molecule has 0 unspecified atom stereocenters. The molecule has 0 aliphatic carbocycles. The largest absolute Gasteiger partial charge is 0.455 e. The van der Waals surface area contributed by atoms with E-state index in [1.165, 1.54) is 0 Å². The summed E-state index contributed by atoms with van der Waals surface area (Å²) in [5.41, 5.74) is -0.581. The molecule has 0 radical (unpaired) electrons. The molecule has 0 N–H and O–H groups in total. The lowest BCUT2D eigenvalue weighted by atomic mass is 10.2. The predicted octanol–water partition coefficient (Wildman–Crippen LogP) is 2.94. The van der Waals surface area contributed by atoms with E-state index in [-0.39, 0.29) is 5.41 Å². The zero-order valence-electron chi connectivity index (χ0n) is 11.3.